The Morgan fingerprint density at radius 2 is 2.04 bits per heavy atom. The lowest BCUT2D eigenvalue weighted by Gasteiger charge is -2.25. The summed E-state index contributed by atoms with van der Waals surface area (Å²) in [5.74, 6) is 0.0433. The molecule has 0 bridgehead atoms. The highest BCUT2D eigenvalue weighted by Crippen LogP contribution is 2.39. The maximum absolute atomic E-state index is 12.9. The number of para-hydroxylation sites is 1. The summed E-state index contributed by atoms with van der Waals surface area (Å²) in [4.78, 5) is 18.1. The van der Waals surface area contributed by atoms with Gasteiger partial charge in [0, 0.05) is 42.4 Å². The Hall–Kier alpha value is -2.56. The van der Waals surface area contributed by atoms with Crippen molar-refractivity contribution in [2.45, 2.75) is 52.4 Å². The van der Waals surface area contributed by atoms with Crippen molar-refractivity contribution in [1.29, 1.82) is 0 Å². The first kappa shape index (κ1) is 19.2. The van der Waals surface area contributed by atoms with Crippen molar-refractivity contribution in [1.82, 2.24) is 4.57 Å². The molecule has 5 nitrogen and oxygen atoms in total. The number of aryl methyl sites for hydroxylation is 2. The molecule has 0 saturated carbocycles. The minimum atomic E-state index is -0.0553. The predicted molar refractivity (Wildman–Crippen MR) is 108 cm³/mol. The number of aromatic nitrogens is 1. The van der Waals surface area contributed by atoms with E-state index in [1.54, 1.807) is 0 Å². The first-order valence-corrected chi connectivity index (χ1v) is 9.67. The van der Waals surface area contributed by atoms with Crippen molar-refractivity contribution in [3.63, 3.8) is 0 Å². The number of hydrogen-bond donors (Lipinski definition) is 1. The lowest BCUT2D eigenvalue weighted by atomic mass is 9.81. The van der Waals surface area contributed by atoms with Gasteiger partial charge in [-0.15, -0.1) is 0 Å². The van der Waals surface area contributed by atoms with E-state index in [0.29, 0.717) is 37.2 Å². The van der Waals surface area contributed by atoms with E-state index in [0.717, 1.165) is 17.6 Å². The number of hydrogen-bond acceptors (Lipinski definition) is 4. The van der Waals surface area contributed by atoms with Crippen LogP contribution >= 0.6 is 0 Å². The Bertz CT molecular complexity index is 882. The maximum Gasteiger partial charge on any atom is 0.168 e. The molecular weight excluding hydrogens is 340 g/mol. The topological polar surface area (TPSA) is 63.8 Å². The van der Waals surface area contributed by atoms with Gasteiger partial charge in [0.1, 0.15) is 12.4 Å². The number of nitrogens with zero attached hydrogens (tertiary/aromatic N) is 2. The summed E-state index contributed by atoms with van der Waals surface area (Å²) in [6.45, 7) is 6.40. The summed E-state index contributed by atoms with van der Waals surface area (Å²) >= 11 is 0. The third-order valence-electron chi connectivity index (χ3n) is 5.32. The second-order valence-electron chi connectivity index (χ2n) is 7.14. The van der Waals surface area contributed by atoms with Gasteiger partial charge in [0.2, 0.25) is 0 Å². The number of fused-ring (bicyclic) bond motifs is 1. The van der Waals surface area contributed by atoms with Crippen LogP contribution in [-0.2, 0) is 16.7 Å². The molecule has 0 amide bonds. The Morgan fingerprint density at radius 1 is 1.30 bits per heavy atom. The molecule has 2 aromatic rings. The van der Waals surface area contributed by atoms with Crippen LogP contribution in [0.1, 0.15) is 56.7 Å². The summed E-state index contributed by atoms with van der Waals surface area (Å²) in [6, 6.07) is 8.25. The molecule has 144 valence electrons. The molecule has 1 aliphatic carbocycles. The van der Waals surface area contributed by atoms with Crippen molar-refractivity contribution in [3.8, 4) is 0 Å². The summed E-state index contributed by atoms with van der Waals surface area (Å²) in [5.41, 5.74) is 4.37. The Balaban J connectivity index is 2.00. The van der Waals surface area contributed by atoms with Gasteiger partial charge in [0.25, 0.3) is 0 Å². The van der Waals surface area contributed by atoms with Crippen LogP contribution in [0.25, 0.3) is 10.9 Å². The van der Waals surface area contributed by atoms with E-state index >= 15 is 0 Å². The molecule has 0 radical (unpaired) electrons. The van der Waals surface area contributed by atoms with E-state index in [-0.39, 0.29) is 17.5 Å². The minimum absolute atomic E-state index is 0.0337. The van der Waals surface area contributed by atoms with Gasteiger partial charge in [0.05, 0.1) is 11.3 Å². The highest BCUT2D eigenvalue weighted by atomic mass is 16.6. The number of carbonyl (C=O) groups is 1. The highest BCUT2D eigenvalue weighted by Gasteiger charge is 2.33. The number of aliphatic hydroxyl groups is 1. The van der Waals surface area contributed by atoms with Gasteiger partial charge in [-0.05, 0) is 31.9 Å². The fourth-order valence-electron chi connectivity index (χ4n) is 4.19. The molecule has 1 aromatic carbocycles. The van der Waals surface area contributed by atoms with Crippen LogP contribution in [0.15, 0.2) is 40.8 Å². The molecular formula is C22H28N2O3. The molecule has 1 atom stereocenters. The molecule has 0 aliphatic heterocycles. The van der Waals surface area contributed by atoms with E-state index in [9.17, 15) is 9.90 Å². The Morgan fingerprint density at radius 3 is 2.67 bits per heavy atom. The van der Waals surface area contributed by atoms with E-state index in [4.69, 9.17) is 4.84 Å². The zero-order valence-electron chi connectivity index (χ0n) is 16.6. The average Bonchev–Trinajstić information content (AvgIpc) is 2.90. The number of benzene rings is 1. The lowest BCUT2D eigenvalue weighted by molar-refractivity contribution is -0.116. The highest BCUT2D eigenvalue weighted by molar-refractivity contribution is 6.23. The van der Waals surface area contributed by atoms with E-state index in [1.807, 2.05) is 33.0 Å². The molecule has 5 heteroatoms. The lowest BCUT2D eigenvalue weighted by Crippen LogP contribution is -2.25. The van der Waals surface area contributed by atoms with Gasteiger partial charge in [-0.3, -0.25) is 4.79 Å². The van der Waals surface area contributed by atoms with Crippen molar-refractivity contribution in [3.05, 3.63) is 46.9 Å². The van der Waals surface area contributed by atoms with Gasteiger partial charge in [-0.2, -0.15) is 0 Å². The molecule has 1 aromatic heterocycles. The zero-order valence-corrected chi connectivity index (χ0v) is 16.6. The molecule has 27 heavy (non-hydrogen) atoms. The third-order valence-corrected chi connectivity index (χ3v) is 5.32. The quantitative estimate of drug-likeness (QED) is 0.580. The smallest absolute Gasteiger partial charge is 0.168 e. The predicted octanol–water partition coefficient (Wildman–Crippen LogP) is 4.94. The van der Waals surface area contributed by atoms with Crippen LogP contribution < -0.4 is 0 Å². The summed E-state index contributed by atoms with van der Waals surface area (Å²) < 4.78 is 2.15. The first-order chi connectivity index (χ1) is 13.0. The number of oxime groups is 1. The van der Waals surface area contributed by atoms with Gasteiger partial charge >= 0.3 is 0 Å². The number of carbonyl (C=O) groups excluding carboxylic acids is 1. The summed E-state index contributed by atoms with van der Waals surface area (Å²) in [6.07, 6.45) is 2.27. The SMILES string of the molecule is CCC/C(=N\OCC)C1=C(O)CC(c2c(C)c3ccccc3n2C)CC1=O. The summed E-state index contributed by atoms with van der Waals surface area (Å²) in [7, 11) is 2.03. The maximum atomic E-state index is 12.9. The van der Waals surface area contributed by atoms with Crippen molar-refractivity contribution in [2.24, 2.45) is 12.2 Å². The second-order valence-corrected chi connectivity index (χ2v) is 7.14. The fourth-order valence-corrected chi connectivity index (χ4v) is 4.19. The zero-order chi connectivity index (χ0) is 19.6. The van der Waals surface area contributed by atoms with Crippen molar-refractivity contribution >= 4 is 22.4 Å². The van der Waals surface area contributed by atoms with Gasteiger partial charge in [0.15, 0.2) is 5.78 Å². The molecule has 1 heterocycles. The average molecular weight is 368 g/mol. The van der Waals surface area contributed by atoms with Crippen LogP contribution in [0.5, 0.6) is 0 Å². The molecule has 0 saturated heterocycles. The molecule has 0 fully saturated rings. The molecule has 1 unspecified atom stereocenters. The second kappa shape index (κ2) is 7.99. The molecule has 1 N–H and O–H groups in total. The standard InChI is InChI=1S/C22H28N2O3/c1-5-9-17(23-27-6-2)21-19(25)12-15(13-20(21)26)22-14(3)16-10-7-8-11-18(16)24(22)4/h7-8,10-11,15,25H,5-6,9,12-13H2,1-4H3/b23-17+. The summed E-state index contributed by atoms with van der Waals surface area (Å²) in [5, 5.41) is 16.0. The molecule has 3 rings (SSSR count). The van der Waals surface area contributed by atoms with Crippen molar-refractivity contribution in [2.75, 3.05) is 6.61 Å². The number of Topliss-reactive ketones (excluding diaryl/α,β-unsaturated/α-hetero) is 1. The first-order valence-electron chi connectivity index (χ1n) is 9.67. The molecule has 0 spiro atoms. The van der Waals surface area contributed by atoms with Crippen LogP contribution in [-0.4, -0.2) is 27.8 Å². The monoisotopic (exact) mass is 368 g/mol. The van der Waals surface area contributed by atoms with Gasteiger partial charge in [-0.1, -0.05) is 36.7 Å². The van der Waals surface area contributed by atoms with Crippen LogP contribution in [0.3, 0.4) is 0 Å². The van der Waals surface area contributed by atoms with E-state index < -0.39 is 0 Å². The number of ketones is 1. The largest absolute Gasteiger partial charge is 0.511 e. The number of allylic oxidation sites excluding steroid dienone is 2. The van der Waals surface area contributed by atoms with Crippen molar-refractivity contribution < 1.29 is 14.7 Å². The molecule has 1 aliphatic rings. The van der Waals surface area contributed by atoms with Crippen LogP contribution in [0.4, 0.5) is 0 Å². The normalized spacial score (nSPS) is 18.4. The van der Waals surface area contributed by atoms with E-state index in [2.05, 4.69) is 28.8 Å². The Labute approximate surface area is 160 Å². The van der Waals surface area contributed by atoms with Gasteiger partial charge < -0.3 is 14.5 Å². The van der Waals surface area contributed by atoms with E-state index in [1.165, 1.54) is 10.9 Å². The number of aliphatic hydroxyl groups excluding tert-OH is 1. The van der Waals surface area contributed by atoms with Crippen LogP contribution in [0, 0.1) is 6.92 Å². The Kier molecular flexibility index (Phi) is 5.68. The fraction of sp³-hybridized carbons (Fsp3) is 0.455. The van der Waals surface area contributed by atoms with Gasteiger partial charge in [-0.25, -0.2) is 0 Å². The number of rotatable bonds is 6. The van der Waals surface area contributed by atoms with Crippen LogP contribution in [0.2, 0.25) is 0 Å². The third kappa shape index (κ3) is 3.51. The minimum Gasteiger partial charge on any atom is -0.511 e.